The van der Waals surface area contributed by atoms with Gasteiger partial charge >= 0.3 is 11.9 Å². The van der Waals surface area contributed by atoms with E-state index in [2.05, 4.69) is 6.92 Å². The number of fused-ring (bicyclic) bond motifs is 2. The molecule has 3 aliphatic rings. The summed E-state index contributed by atoms with van der Waals surface area (Å²) in [6.45, 7) is 6.71. The lowest BCUT2D eigenvalue weighted by Crippen LogP contribution is -2.52. The van der Waals surface area contributed by atoms with Crippen LogP contribution < -0.4 is 0 Å². The number of ketones is 1. The Hall–Kier alpha value is -1.91. The number of ether oxygens (including phenoxy) is 2. The highest BCUT2D eigenvalue weighted by molar-refractivity contribution is 5.98. The fraction of sp³-hybridized carbons (Fsp3) is 0.588. The van der Waals surface area contributed by atoms with Gasteiger partial charge in [0.25, 0.3) is 0 Å². The van der Waals surface area contributed by atoms with Gasteiger partial charge in [0.2, 0.25) is 0 Å². The maximum Gasteiger partial charge on any atom is 0.339 e. The molecule has 5 heteroatoms. The molecule has 0 aromatic heterocycles. The van der Waals surface area contributed by atoms with Crippen LogP contribution in [-0.2, 0) is 23.9 Å². The number of carbonyl (C=O) groups is 3. The molecular formula is C17H20O5. The smallest absolute Gasteiger partial charge is 0.339 e. The second-order valence-electron chi connectivity index (χ2n) is 6.81. The van der Waals surface area contributed by atoms with Crippen molar-refractivity contribution in [3.8, 4) is 0 Å². The van der Waals surface area contributed by atoms with Crippen molar-refractivity contribution in [2.75, 3.05) is 0 Å². The Labute approximate surface area is 129 Å². The molecule has 0 bridgehead atoms. The van der Waals surface area contributed by atoms with E-state index in [9.17, 15) is 14.4 Å². The summed E-state index contributed by atoms with van der Waals surface area (Å²) in [4.78, 5) is 36.0. The summed E-state index contributed by atoms with van der Waals surface area (Å²) in [5.74, 6) is -0.548. The third-order valence-corrected chi connectivity index (χ3v) is 5.25. The van der Waals surface area contributed by atoms with Crippen LogP contribution in [0.25, 0.3) is 0 Å². The van der Waals surface area contributed by atoms with Gasteiger partial charge in [-0.05, 0) is 38.5 Å². The van der Waals surface area contributed by atoms with Crippen LogP contribution in [0.1, 0.15) is 53.4 Å². The molecule has 1 saturated carbocycles. The van der Waals surface area contributed by atoms with Gasteiger partial charge in [-0.1, -0.05) is 6.92 Å². The van der Waals surface area contributed by atoms with Crippen molar-refractivity contribution in [1.29, 1.82) is 0 Å². The van der Waals surface area contributed by atoms with E-state index in [1.54, 1.807) is 13.8 Å². The van der Waals surface area contributed by atoms with Crippen LogP contribution in [0.4, 0.5) is 0 Å². The Morgan fingerprint density at radius 3 is 2.45 bits per heavy atom. The maximum absolute atomic E-state index is 12.5. The summed E-state index contributed by atoms with van der Waals surface area (Å²) in [7, 11) is 0. The lowest BCUT2D eigenvalue weighted by Gasteiger charge is -2.48. The summed E-state index contributed by atoms with van der Waals surface area (Å²) in [6, 6.07) is 0. The summed E-state index contributed by atoms with van der Waals surface area (Å²) in [5, 5.41) is 0. The number of carbonyl (C=O) groups excluding carboxylic acids is 3. The zero-order valence-electron chi connectivity index (χ0n) is 13.4. The van der Waals surface area contributed by atoms with E-state index in [1.165, 1.54) is 6.92 Å². The summed E-state index contributed by atoms with van der Waals surface area (Å²) < 4.78 is 10.9. The van der Waals surface area contributed by atoms with E-state index in [1.807, 2.05) is 0 Å². The lowest BCUT2D eigenvalue weighted by atomic mass is 9.59. The van der Waals surface area contributed by atoms with Crippen LogP contribution in [0.2, 0.25) is 0 Å². The normalized spacial score (nSPS) is 34.4. The van der Waals surface area contributed by atoms with Gasteiger partial charge in [-0.15, -0.1) is 0 Å². The van der Waals surface area contributed by atoms with Crippen LogP contribution in [0, 0.1) is 5.41 Å². The largest absolute Gasteiger partial charge is 0.447 e. The van der Waals surface area contributed by atoms with Crippen molar-refractivity contribution in [3.05, 3.63) is 22.5 Å². The first-order valence-corrected chi connectivity index (χ1v) is 7.59. The molecule has 3 rings (SSSR count). The average Bonchev–Trinajstić information content (AvgIpc) is 2.69. The highest BCUT2D eigenvalue weighted by Gasteiger charge is 2.57. The van der Waals surface area contributed by atoms with Crippen LogP contribution in [0.15, 0.2) is 22.5 Å². The molecule has 0 radical (unpaired) electrons. The molecule has 1 aliphatic heterocycles. The SMILES string of the molecule is CC(=O)O[C@@]1(C)C(=O)CC[C@]2(C)CCC3=C(C)C(=O)OC3=C21. The van der Waals surface area contributed by atoms with Crippen molar-refractivity contribution in [2.24, 2.45) is 5.41 Å². The van der Waals surface area contributed by atoms with Crippen molar-refractivity contribution < 1.29 is 23.9 Å². The molecule has 1 fully saturated rings. The van der Waals surface area contributed by atoms with Crippen LogP contribution in [-0.4, -0.2) is 23.3 Å². The topological polar surface area (TPSA) is 69.7 Å². The van der Waals surface area contributed by atoms with Crippen molar-refractivity contribution >= 4 is 17.7 Å². The van der Waals surface area contributed by atoms with Gasteiger partial charge in [0.15, 0.2) is 11.4 Å². The predicted molar refractivity (Wildman–Crippen MR) is 77.6 cm³/mol. The fourth-order valence-corrected chi connectivity index (χ4v) is 4.03. The molecule has 0 unspecified atom stereocenters. The number of hydrogen-bond acceptors (Lipinski definition) is 5. The van der Waals surface area contributed by atoms with Gasteiger partial charge in [-0.25, -0.2) is 4.79 Å². The van der Waals surface area contributed by atoms with Crippen molar-refractivity contribution in [2.45, 2.75) is 59.0 Å². The molecule has 0 aromatic rings. The third-order valence-electron chi connectivity index (χ3n) is 5.25. The van der Waals surface area contributed by atoms with Gasteiger partial charge in [0.05, 0.1) is 0 Å². The zero-order chi connectivity index (χ0) is 16.3. The van der Waals surface area contributed by atoms with Gasteiger partial charge in [-0.2, -0.15) is 0 Å². The van der Waals surface area contributed by atoms with E-state index in [0.717, 1.165) is 18.4 Å². The Kier molecular flexibility index (Phi) is 3.10. The molecule has 0 saturated heterocycles. The Balaban J connectivity index is 2.25. The van der Waals surface area contributed by atoms with Crippen molar-refractivity contribution in [1.82, 2.24) is 0 Å². The first-order chi connectivity index (χ1) is 10.2. The van der Waals surface area contributed by atoms with Crippen molar-refractivity contribution in [3.63, 3.8) is 0 Å². The quantitative estimate of drug-likeness (QED) is 0.696. The molecule has 2 aliphatic carbocycles. The van der Waals surface area contributed by atoms with Crippen LogP contribution >= 0.6 is 0 Å². The molecule has 118 valence electrons. The Bertz CT molecular complexity index is 669. The molecule has 2 atom stereocenters. The summed E-state index contributed by atoms with van der Waals surface area (Å²) in [6.07, 6.45) is 2.62. The zero-order valence-corrected chi connectivity index (χ0v) is 13.4. The second kappa shape index (κ2) is 4.54. The third kappa shape index (κ3) is 1.87. The standard InChI is InChI=1S/C17H20O5/c1-9-11-5-7-16(3)8-6-12(19)17(4,22-10(2)18)14(16)13(11)21-15(9)20/h5-8H2,1-4H3/t16-,17-/m0/s1. The fourth-order valence-electron chi connectivity index (χ4n) is 4.03. The molecule has 0 spiro atoms. The van der Waals surface area contributed by atoms with Crippen LogP contribution in [0.3, 0.4) is 0 Å². The molecule has 5 nitrogen and oxygen atoms in total. The predicted octanol–water partition coefficient (Wildman–Crippen LogP) is 2.60. The van der Waals surface area contributed by atoms with Gasteiger partial charge < -0.3 is 9.47 Å². The molecule has 0 amide bonds. The number of rotatable bonds is 1. The van der Waals surface area contributed by atoms with Crippen LogP contribution in [0.5, 0.6) is 0 Å². The van der Waals surface area contributed by atoms with E-state index >= 15 is 0 Å². The Morgan fingerprint density at radius 1 is 1.18 bits per heavy atom. The van der Waals surface area contributed by atoms with E-state index < -0.39 is 11.6 Å². The van der Waals surface area contributed by atoms with Gasteiger partial charge in [0.1, 0.15) is 5.76 Å². The van der Waals surface area contributed by atoms with E-state index in [-0.39, 0.29) is 17.2 Å². The maximum atomic E-state index is 12.5. The highest BCUT2D eigenvalue weighted by atomic mass is 16.6. The minimum absolute atomic E-state index is 0.135. The first-order valence-electron chi connectivity index (χ1n) is 7.59. The Morgan fingerprint density at radius 2 is 1.82 bits per heavy atom. The monoisotopic (exact) mass is 304 g/mol. The minimum Gasteiger partial charge on any atom is -0.447 e. The number of Topliss-reactive ketones (excluding diaryl/α,β-unsaturated/α-hetero) is 1. The van der Waals surface area contributed by atoms with E-state index in [4.69, 9.17) is 9.47 Å². The number of hydrogen-bond donors (Lipinski definition) is 0. The molecule has 22 heavy (non-hydrogen) atoms. The number of esters is 2. The van der Waals surface area contributed by atoms with Gasteiger partial charge in [-0.3, -0.25) is 9.59 Å². The van der Waals surface area contributed by atoms with Gasteiger partial charge in [0, 0.05) is 30.1 Å². The molecule has 0 N–H and O–H groups in total. The number of allylic oxidation sites excluding steroid dienone is 1. The average molecular weight is 304 g/mol. The molecular weight excluding hydrogens is 284 g/mol. The molecule has 0 aromatic carbocycles. The first kappa shape index (κ1) is 15.0. The second-order valence-corrected chi connectivity index (χ2v) is 6.81. The molecule has 1 heterocycles. The summed E-state index contributed by atoms with van der Waals surface area (Å²) >= 11 is 0. The highest BCUT2D eigenvalue weighted by Crippen LogP contribution is 2.56. The summed E-state index contributed by atoms with van der Waals surface area (Å²) in [5.41, 5.74) is 0.475. The van der Waals surface area contributed by atoms with E-state index in [0.29, 0.717) is 29.7 Å². The minimum atomic E-state index is -1.34. The lowest BCUT2D eigenvalue weighted by molar-refractivity contribution is -0.164.